The standard InChI is InChI=1S/C26H22F8N2O2/c1-12-8-21(36(13(12)2)24(38)15-4-3-5-16(9-15)25(29,30)31)23(37)35-22(14-6-7-14)17-10-20(28)18(11-19(17)27)26(32,33)34/h3-5,9-12,14,21-22H,2,6-8H2,1H3,(H,35,37)/t12-,21-,22-/m1/s1. The van der Waals surface area contributed by atoms with Crippen molar-refractivity contribution in [3.63, 3.8) is 0 Å². The number of benzene rings is 2. The molecule has 0 spiro atoms. The first-order valence-corrected chi connectivity index (χ1v) is 11.7. The van der Waals surface area contributed by atoms with Gasteiger partial charge in [0.1, 0.15) is 17.7 Å². The Kier molecular flexibility index (Phi) is 7.04. The number of likely N-dealkylation sites (tertiary alicyclic amines) is 1. The molecule has 0 aromatic heterocycles. The summed E-state index contributed by atoms with van der Waals surface area (Å²) in [6, 6.07) is 1.70. The first kappa shape index (κ1) is 27.6. The van der Waals surface area contributed by atoms with Crippen LogP contribution in [0.4, 0.5) is 35.1 Å². The average Bonchev–Trinajstić information content (AvgIpc) is 3.62. The van der Waals surface area contributed by atoms with Gasteiger partial charge >= 0.3 is 12.4 Å². The van der Waals surface area contributed by atoms with Gasteiger partial charge in [-0.3, -0.25) is 14.5 Å². The van der Waals surface area contributed by atoms with Crippen molar-refractivity contribution in [2.24, 2.45) is 11.8 Å². The van der Waals surface area contributed by atoms with E-state index < -0.39 is 70.5 Å². The van der Waals surface area contributed by atoms with E-state index in [-0.39, 0.29) is 29.7 Å². The fourth-order valence-corrected chi connectivity index (χ4v) is 4.62. The highest BCUT2D eigenvalue weighted by Crippen LogP contribution is 2.44. The maximum atomic E-state index is 14.7. The molecule has 0 radical (unpaired) electrons. The van der Waals surface area contributed by atoms with E-state index in [0.717, 1.165) is 23.1 Å². The van der Waals surface area contributed by atoms with Crippen LogP contribution in [0, 0.1) is 23.5 Å². The summed E-state index contributed by atoms with van der Waals surface area (Å²) >= 11 is 0. The van der Waals surface area contributed by atoms with Gasteiger partial charge in [-0.1, -0.05) is 19.6 Å². The first-order chi connectivity index (χ1) is 17.6. The molecule has 1 aliphatic carbocycles. The minimum atomic E-state index is -5.12. The first-order valence-electron chi connectivity index (χ1n) is 11.7. The Balaban J connectivity index is 1.62. The topological polar surface area (TPSA) is 49.4 Å². The molecule has 1 N–H and O–H groups in total. The molecular formula is C26H22F8N2O2. The normalized spacial score (nSPS) is 21.0. The van der Waals surface area contributed by atoms with Gasteiger partial charge in [-0.2, -0.15) is 26.3 Å². The second kappa shape index (κ2) is 9.70. The van der Waals surface area contributed by atoms with Gasteiger partial charge < -0.3 is 5.32 Å². The molecule has 0 unspecified atom stereocenters. The number of carbonyl (C=O) groups is 2. The van der Waals surface area contributed by atoms with Gasteiger partial charge in [-0.25, -0.2) is 8.78 Å². The highest BCUT2D eigenvalue weighted by molar-refractivity contribution is 5.99. The quantitative estimate of drug-likeness (QED) is 0.428. The number of nitrogens with one attached hydrogen (secondary N) is 1. The molecule has 1 saturated heterocycles. The van der Waals surface area contributed by atoms with Crippen LogP contribution in [0.2, 0.25) is 0 Å². The van der Waals surface area contributed by atoms with Gasteiger partial charge in [0.05, 0.1) is 17.2 Å². The predicted molar refractivity (Wildman–Crippen MR) is 119 cm³/mol. The lowest BCUT2D eigenvalue weighted by molar-refractivity contribution is -0.140. The molecule has 1 saturated carbocycles. The Bertz CT molecular complexity index is 1280. The lowest BCUT2D eigenvalue weighted by atomic mass is 9.98. The molecule has 1 aliphatic heterocycles. The van der Waals surface area contributed by atoms with Gasteiger partial charge in [0.25, 0.3) is 5.91 Å². The average molecular weight is 546 g/mol. The van der Waals surface area contributed by atoms with Crippen molar-refractivity contribution in [2.75, 3.05) is 0 Å². The maximum Gasteiger partial charge on any atom is 0.419 e. The van der Waals surface area contributed by atoms with Crippen molar-refractivity contribution in [3.8, 4) is 0 Å². The summed E-state index contributed by atoms with van der Waals surface area (Å²) in [6.45, 7) is 5.45. The number of nitrogens with zero attached hydrogens (tertiary/aromatic N) is 1. The molecule has 2 aliphatic rings. The Morgan fingerprint density at radius 3 is 2.24 bits per heavy atom. The van der Waals surface area contributed by atoms with Crippen LogP contribution in [0.15, 0.2) is 48.7 Å². The number of rotatable bonds is 5. The highest BCUT2D eigenvalue weighted by atomic mass is 19.4. The largest absolute Gasteiger partial charge is 0.419 e. The van der Waals surface area contributed by atoms with Crippen molar-refractivity contribution in [1.82, 2.24) is 10.2 Å². The Hall–Kier alpha value is -3.44. The van der Waals surface area contributed by atoms with Crippen LogP contribution in [-0.2, 0) is 17.1 Å². The minimum Gasteiger partial charge on any atom is -0.347 e. The molecule has 2 aromatic rings. The van der Waals surface area contributed by atoms with Crippen molar-refractivity contribution in [1.29, 1.82) is 0 Å². The van der Waals surface area contributed by atoms with E-state index >= 15 is 0 Å². The zero-order chi connectivity index (χ0) is 28.2. The molecule has 4 nitrogen and oxygen atoms in total. The van der Waals surface area contributed by atoms with Crippen molar-refractivity contribution in [2.45, 2.75) is 50.6 Å². The second-order valence-electron chi connectivity index (χ2n) is 9.57. The molecule has 2 fully saturated rings. The van der Waals surface area contributed by atoms with E-state index in [9.17, 15) is 44.7 Å². The molecule has 12 heteroatoms. The van der Waals surface area contributed by atoms with Gasteiger partial charge in [0.2, 0.25) is 5.91 Å². The molecule has 38 heavy (non-hydrogen) atoms. The SMILES string of the molecule is C=C1[C@H](C)C[C@H](C(=O)N[C@@H](c2cc(F)c(C(F)(F)F)cc2F)C2CC2)N1C(=O)c1cccc(C(F)(F)F)c1. The molecule has 2 aromatic carbocycles. The van der Waals surface area contributed by atoms with Crippen LogP contribution in [0.5, 0.6) is 0 Å². The lowest BCUT2D eigenvalue weighted by Crippen LogP contribution is -2.46. The summed E-state index contributed by atoms with van der Waals surface area (Å²) < 4.78 is 107. The highest BCUT2D eigenvalue weighted by Gasteiger charge is 2.44. The molecule has 0 bridgehead atoms. The van der Waals surface area contributed by atoms with Gasteiger partial charge in [-0.15, -0.1) is 0 Å². The van der Waals surface area contributed by atoms with Crippen LogP contribution in [0.3, 0.4) is 0 Å². The molecular weight excluding hydrogens is 524 g/mol. The third kappa shape index (κ3) is 5.39. The van der Waals surface area contributed by atoms with E-state index in [4.69, 9.17) is 0 Å². The number of alkyl halides is 6. The molecule has 4 rings (SSSR count). The smallest absolute Gasteiger partial charge is 0.347 e. The molecule has 3 atom stereocenters. The zero-order valence-corrected chi connectivity index (χ0v) is 19.9. The monoisotopic (exact) mass is 546 g/mol. The summed E-state index contributed by atoms with van der Waals surface area (Å²) in [4.78, 5) is 27.5. The van der Waals surface area contributed by atoms with Gasteiger partial charge in [0, 0.05) is 16.8 Å². The Morgan fingerprint density at radius 1 is 1.00 bits per heavy atom. The van der Waals surface area contributed by atoms with Crippen LogP contribution in [0.1, 0.15) is 59.3 Å². The minimum absolute atomic E-state index is 0.0369. The number of hydrogen-bond acceptors (Lipinski definition) is 2. The van der Waals surface area contributed by atoms with Gasteiger partial charge in [0.15, 0.2) is 0 Å². The maximum absolute atomic E-state index is 14.7. The summed E-state index contributed by atoms with van der Waals surface area (Å²) in [5.41, 5.74) is -3.45. The van der Waals surface area contributed by atoms with Crippen LogP contribution in [0.25, 0.3) is 0 Å². The molecule has 2 amide bonds. The summed E-state index contributed by atoms with van der Waals surface area (Å²) in [6.07, 6.45) is -8.79. The number of amides is 2. The molecule has 204 valence electrons. The number of carbonyl (C=O) groups excluding carboxylic acids is 2. The fraction of sp³-hybridized carbons (Fsp3) is 0.385. The number of allylic oxidation sites excluding steroid dienone is 1. The van der Waals surface area contributed by atoms with Crippen molar-refractivity contribution >= 4 is 11.8 Å². The summed E-state index contributed by atoms with van der Waals surface area (Å²) in [5.74, 6) is -5.55. The van der Waals surface area contributed by atoms with Gasteiger partial charge in [-0.05, 0) is 61.4 Å². The number of halogens is 8. The zero-order valence-electron chi connectivity index (χ0n) is 19.9. The summed E-state index contributed by atoms with van der Waals surface area (Å²) in [7, 11) is 0. The Labute approximate surface area is 212 Å². The van der Waals surface area contributed by atoms with Crippen LogP contribution >= 0.6 is 0 Å². The predicted octanol–water partition coefficient (Wildman–Crippen LogP) is 6.63. The van der Waals surface area contributed by atoms with E-state index in [1.807, 2.05) is 0 Å². The van der Waals surface area contributed by atoms with Crippen molar-refractivity contribution in [3.05, 3.63) is 82.6 Å². The van der Waals surface area contributed by atoms with E-state index in [0.29, 0.717) is 25.0 Å². The number of hydrogen-bond donors (Lipinski definition) is 1. The second-order valence-corrected chi connectivity index (χ2v) is 9.57. The molecule has 1 heterocycles. The van der Waals surface area contributed by atoms with Crippen LogP contribution in [-0.4, -0.2) is 22.8 Å². The third-order valence-corrected chi connectivity index (χ3v) is 6.84. The van der Waals surface area contributed by atoms with Crippen molar-refractivity contribution < 1.29 is 44.7 Å². The van der Waals surface area contributed by atoms with E-state index in [1.165, 1.54) is 0 Å². The fourth-order valence-electron chi connectivity index (χ4n) is 4.62. The summed E-state index contributed by atoms with van der Waals surface area (Å²) in [5, 5.41) is 2.53. The van der Waals surface area contributed by atoms with E-state index in [1.54, 1.807) is 6.92 Å². The Morgan fingerprint density at radius 2 is 1.66 bits per heavy atom. The van der Waals surface area contributed by atoms with Crippen LogP contribution < -0.4 is 5.32 Å². The lowest BCUT2D eigenvalue weighted by Gasteiger charge is -2.28. The third-order valence-electron chi connectivity index (χ3n) is 6.84. The van der Waals surface area contributed by atoms with E-state index in [2.05, 4.69) is 11.9 Å².